The molecule has 0 aliphatic carbocycles. The standard InChI is InChI=1S/C16H13ClN4O4S/c1-8-15(23)19-16-21(20-8)13(7-26-16)18-14(22)5-9-4-11-12(6-10(9)17)25-3-2-24-11/h4,6-7H,2-3,5H2,1H3,(H,18,22). The third-order valence-corrected chi connectivity index (χ3v) is 4.94. The van der Waals surface area contributed by atoms with E-state index in [9.17, 15) is 9.59 Å². The first-order valence-corrected chi connectivity index (χ1v) is 9.00. The molecule has 3 aromatic rings. The number of thiazole rings is 1. The number of hydrogen-bond donors (Lipinski definition) is 1. The van der Waals surface area contributed by atoms with E-state index in [1.807, 2.05) is 0 Å². The van der Waals surface area contributed by atoms with E-state index in [-0.39, 0.29) is 23.6 Å². The Bertz CT molecular complexity index is 1080. The summed E-state index contributed by atoms with van der Waals surface area (Å²) < 4.78 is 12.4. The molecule has 1 aliphatic heterocycles. The smallest absolute Gasteiger partial charge is 0.295 e. The highest BCUT2D eigenvalue weighted by atomic mass is 35.5. The van der Waals surface area contributed by atoms with Crippen LogP contribution in [0.15, 0.2) is 22.3 Å². The Labute approximate surface area is 156 Å². The molecule has 2 aromatic heterocycles. The molecule has 1 amide bonds. The molecule has 1 aromatic carbocycles. The third-order valence-electron chi connectivity index (χ3n) is 3.77. The fraction of sp³-hybridized carbons (Fsp3) is 0.250. The van der Waals surface area contributed by atoms with Crippen LogP contribution in [0.1, 0.15) is 11.3 Å². The summed E-state index contributed by atoms with van der Waals surface area (Å²) in [6.07, 6.45) is 0.0550. The molecule has 0 bridgehead atoms. The Hall–Kier alpha value is -2.65. The fourth-order valence-corrected chi connectivity index (χ4v) is 3.50. The van der Waals surface area contributed by atoms with E-state index in [1.165, 1.54) is 15.9 Å². The van der Waals surface area contributed by atoms with Gasteiger partial charge in [0.25, 0.3) is 5.56 Å². The molecule has 3 heterocycles. The molecule has 1 N–H and O–H groups in total. The maximum Gasteiger partial charge on any atom is 0.295 e. The number of rotatable bonds is 3. The molecule has 0 radical (unpaired) electrons. The minimum absolute atomic E-state index is 0.0550. The molecule has 26 heavy (non-hydrogen) atoms. The van der Waals surface area contributed by atoms with E-state index >= 15 is 0 Å². The summed E-state index contributed by atoms with van der Waals surface area (Å²) >= 11 is 7.46. The van der Waals surface area contributed by atoms with Gasteiger partial charge in [-0.15, -0.1) is 11.3 Å². The van der Waals surface area contributed by atoms with Gasteiger partial charge in [-0.05, 0) is 18.6 Å². The van der Waals surface area contributed by atoms with Gasteiger partial charge in [0.15, 0.2) is 11.5 Å². The normalized spacial score (nSPS) is 13.0. The molecule has 1 aliphatic rings. The van der Waals surface area contributed by atoms with Gasteiger partial charge >= 0.3 is 0 Å². The largest absolute Gasteiger partial charge is 0.486 e. The lowest BCUT2D eigenvalue weighted by atomic mass is 10.1. The first-order chi connectivity index (χ1) is 12.5. The molecule has 0 unspecified atom stereocenters. The number of benzene rings is 1. The molecular weight excluding hydrogens is 380 g/mol. The number of hydrogen-bond acceptors (Lipinski definition) is 7. The summed E-state index contributed by atoms with van der Waals surface area (Å²) in [5.74, 6) is 1.31. The number of carbonyl (C=O) groups excluding carboxylic acids is 1. The Morgan fingerprint density at radius 1 is 1.35 bits per heavy atom. The number of anilines is 1. The Morgan fingerprint density at radius 3 is 2.85 bits per heavy atom. The van der Waals surface area contributed by atoms with Gasteiger partial charge in [0.2, 0.25) is 10.9 Å². The van der Waals surface area contributed by atoms with Gasteiger partial charge in [-0.2, -0.15) is 14.6 Å². The van der Waals surface area contributed by atoms with Crippen molar-refractivity contribution in [1.82, 2.24) is 14.6 Å². The maximum absolute atomic E-state index is 12.4. The van der Waals surface area contributed by atoms with Crippen molar-refractivity contribution in [3.63, 3.8) is 0 Å². The van der Waals surface area contributed by atoms with Gasteiger partial charge < -0.3 is 14.8 Å². The van der Waals surface area contributed by atoms with E-state index in [1.54, 1.807) is 24.4 Å². The van der Waals surface area contributed by atoms with Gasteiger partial charge in [-0.3, -0.25) is 9.59 Å². The molecule has 8 nitrogen and oxygen atoms in total. The van der Waals surface area contributed by atoms with Crippen LogP contribution in [-0.2, 0) is 11.2 Å². The van der Waals surface area contributed by atoms with Crippen molar-refractivity contribution in [2.24, 2.45) is 0 Å². The van der Waals surface area contributed by atoms with Crippen molar-refractivity contribution in [2.75, 3.05) is 18.5 Å². The van der Waals surface area contributed by atoms with Gasteiger partial charge in [0.05, 0.1) is 6.42 Å². The number of nitrogens with zero attached hydrogens (tertiary/aromatic N) is 3. The second kappa shape index (κ2) is 6.58. The first kappa shape index (κ1) is 16.8. The number of aromatic nitrogens is 3. The van der Waals surface area contributed by atoms with Crippen LogP contribution in [0.3, 0.4) is 0 Å². The van der Waals surface area contributed by atoms with Crippen molar-refractivity contribution >= 4 is 39.6 Å². The average molecular weight is 393 g/mol. The van der Waals surface area contributed by atoms with Crippen molar-refractivity contribution in [2.45, 2.75) is 13.3 Å². The monoisotopic (exact) mass is 392 g/mol. The van der Waals surface area contributed by atoms with Crippen molar-refractivity contribution in [3.05, 3.63) is 44.1 Å². The molecule has 134 valence electrons. The lowest BCUT2D eigenvalue weighted by molar-refractivity contribution is -0.115. The van der Waals surface area contributed by atoms with Crippen LogP contribution < -0.4 is 20.3 Å². The highest BCUT2D eigenvalue weighted by molar-refractivity contribution is 7.15. The topological polar surface area (TPSA) is 94.8 Å². The van der Waals surface area contributed by atoms with E-state index in [4.69, 9.17) is 21.1 Å². The predicted molar refractivity (Wildman–Crippen MR) is 96.6 cm³/mol. The minimum Gasteiger partial charge on any atom is -0.486 e. The van der Waals surface area contributed by atoms with Crippen LogP contribution in [0.2, 0.25) is 5.02 Å². The summed E-state index contributed by atoms with van der Waals surface area (Å²) in [4.78, 5) is 28.3. The van der Waals surface area contributed by atoms with E-state index in [0.29, 0.717) is 46.1 Å². The highest BCUT2D eigenvalue weighted by Gasteiger charge is 2.18. The Balaban J connectivity index is 1.56. The molecule has 0 saturated carbocycles. The van der Waals surface area contributed by atoms with Crippen LogP contribution in [-0.4, -0.2) is 33.7 Å². The summed E-state index contributed by atoms with van der Waals surface area (Å²) in [6, 6.07) is 3.36. The molecular formula is C16H13ClN4O4S. The summed E-state index contributed by atoms with van der Waals surface area (Å²) in [7, 11) is 0. The molecule has 0 spiro atoms. The number of halogens is 1. The van der Waals surface area contributed by atoms with Gasteiger partial charge in [0, 0.05) is 16.5 Å². The summed E-state index contributed by atoms with van der Waals surface area (Å²) in [5.41, 5.74) is 0.501. The number of carbonyl (C=O) groups is 1. The summed E-state index contributed by atoms with van der Waals surface area (Å²) in [6.45, 7) is 2.49. The molecule has 10 heteroatoms. The van der Waals surface area contributed by atoms with Gasteiger partial charge in [-0.1, -0.05) is 11.6 Å². The van der Waals surface area contributed by atoms with Crippen LogP contribution in [0, 0.1) is 6.92 Å². The average Bonchev–Trinajstić information content (AvgIpc) is 2.97. The van der Waals surface area contributed by atoms with Crippen molar-refractivity contribution < 1.29 is 14.3 Å². The fourth-order valence-electron chi connectivity index (χ4n) is 2.53. The second-order valence-electron chi connectivity index (χ2n) is 5.63. The molecule has 4 rings (SSSR count). The first-order valence-electron chi connectivity index (χ1n) is 7.74. The number of aryl methyl sites for hydroxylation is 1. The van der Waals surface area contributed by atoms with E-state index < -0.39 is 0 Å². The van der Waals surface area contributed by atoms with Crippen molar-refractivity contribution in [1.29, 1.82) is 0 Å². The van der Waals surface area contributed by atoms with Crippen LogP contribution in [0.4, 0.5) is 5.82 Å². The van der Waals surface area contributed by atoms with E-state index in [0.717, 1.165) is 0 Å². The zero-order valence-electron chi connectivity index (χ0n) is 13.6. The second-order valence-corrected chi connectivity index (χ2v) is 6.87. The zero-order chi connectivity index (χ0) is 18.3. The maximum atomic E-state index is 12.4. The van der Waals surface area contributed by atoms with Crippen LogP contribution >= 0.6 is 22.9 Å². The summed E-state index contributed by atoms with van der Waals surface area (Å²) in [5, 5.41) is 9.02. The highest BCUT2D eigenvalue weighted by Crippen LogP contribution is 2.35. The Morgan fingerprint density at radius 2 is 2.08 bits per heavy atom. The lowest BCUT2D eigenvalue weighted by Gasteiger charge is -2.19. The van der Waals surface area contributed by atoms with Gasteiger partial charge in [0.1, 0.15) is 24.7 Å². The zero-order valence-corrected chi connectivity index (χ0v) is 15.2. The molecule has 0 saturated heterocycles. The molecule has 0 atom stereocenters. The minimum atomic E-state index is -0.382. The SMILES string of the molecule is Cc1nn2c(NC(=O)Cc3cc4c(cc3Cl)OCCO4)csc2nc1=O. The quantitative estimate of drug-likeness (QED) is 0.733. The number of fused-ring (bicyclic) bond motifs is 2. The van der Waals surface area contributed by atoms with Gasteiger partial charge in [-0.25, -0.2) is 0 Å². The van der Waals surface area contributed by atoms with Crippen LogP contribution in [0.25, 0.3) is 4.96 Å². The number of nitrogens with one attached hydrogen (secondary N) is 1. The third kappa shape index (κ3) is 3.11. The number of ether oxygens (including phenoxy) is 2. The van der Waals surface area contributed by atoms with E-state index in [2.05, 4.69) is 15.4 Å². The van der Waals surface area contributed by atoms with Crippen molar-refractivity contribution in [3.8, 4) is 11.5 Å². The predicted octanol–water partition coefficient (Wildman–Crippen LogP) is 2.07. The lowest BCUT2D eigenvalue weighted by Crippen LogP contribution is -2.20. The van der Waals surface area contributed by atoms with Crippen LogP contribution in [0.5, 0.6) is 11.5 Å². The number of amides is 1. The molecule has 0 fully saturated rings. The Kier molecular flexibility index (Phi) is 4.25.